The van der Waals surface area contributed by atoms with Gasteiger partial charge in [0.05, 0.1) is 11.1 Å². The van der Waals surface area contributed by atoms with Crippen LogP contribution in [0.2, 0.25) is 0 Å². The van der Waals surface area contributed by atoms with Crippen LogP contribution < -0.4 is 10.9 Å². The molecule has 20 heavy (non-hydrogen) atoms. The lowest BCUT2D eigenvalue weighted by molar-refractivity contribution is 0.0220. The van der Waals surface area contributed by atoms with E-state index in [4.69, 9.17) is 4.42 Å². The van der Waals surface area contributed by atoms with Gasteiger partial charge in [0, 0.05) is 25.7 Å². The van der Waals surface area contributed by atoms with Gasteiger partial charge in [-0.3, -0.25) is 4.79 Å². The predicted octanol–water partition coefficient (Wildman–Crippen LogP) is 1.39. The second kappa shape index (κ2) is 5.40. The summed E-state index contributed by atoms with van der Waals surface area (Å²) in [5, 5.41) is 3.42. The Kier molecular flexibility index (Phi) is 3.61. The molecule has 1 amide bonds. The van der Waals surface area contributed by atoms with Crippen LogP contribution in [0, 0.1) is 0 Å². The largest absolute Gasteiger partial charge is 0.430 e. The van der Waals surface area contributed by atoms with Crippen LogP contribution in [0.25, 0.3) is 0 Å². The average Bonchev–Trinajstić information content (AvgIpc) is 2.49. The zero-order valence-corrected chi connectivity index (χ0v) is 11.6. The normalized spacial score (nSPS) is 21.9. The summed E-state index contributed by atoms with van der Waals surface area (Å²) in [6.45, 7) is 2.41. The highest BCUT2D eigenvalue weighted by molar-refractivity contribution is 5.94. The van der Waals surface area contributed by atoms with Gasteiger partial charge in [0.2, 0.25) is 0 Å². The summed E-state index contributed by atoms with van der Waals surface area (Å²) >= 11 is 0. The molecule has 1 saturated carbocycles. The van der Waals surface area contributed by atoms with Crippen LogP contribution in [0.5, 0.6) is 0 Å². The minimum atomic E-state index is -0.422. The highest BCUT2D eigenvalue weighted by Crippen LogP contribution is 2.35. The molecule has 5 nitrogen and oxygen atoms in total. The lowest BCUT2D eigenvalue weighted by Crippen LogP contribution is -2.63. The summed E-state index contributed by atoms with van der Waals surface area (Å²) < 4.78 is 4.83. The Balaban J connectivity index is 1.87. The van der Waals surface area contributed by atoms with Crippen molar-refractivity contribution in [3.8, 4) is 0 Å². The van der Waals surface area contributed by atoms with Crippen LogP contribution in [0.3, 0.4) is 0 Å². The highest BCUT2D eigenvalue weighted by Gasteiger charge is 2.42. The van der Waals surface area contributed by atoms with Crippen LogP contribution in [-0.2, 0) is 0 Å². The molecule has 0 aromatic carbocycles. The van der Waals surface area contributed by atoms with Gasteiger partial charge in [0.15, 0.2) is 0 Å². The van der Waals surface area contributed by atoms with E-state index in [1.807, 2.05) is 4.90 Å². The van der Waals surface area contributed by atoms with Gasteiger partial charge in [0.1, 0.15) is 6.26 Å². The molecule has 3 rings (SSSR count). The number of hydrogen-bond donors (Lipinski definition) is 1. The summed E-state index contributed by atoms with van der Waals surface area (Å²) in [6, 6.07) is 2.87. The van der Waals surface area contributed by atoms with Crippen molar-refractivity contribution in [3.63, 3.8) is 0 Å². The average molecular weight is 276 g/mol. The van der Waals surface area contributed by atoms with Gasteiger partial charge in [0.25, 0.3) is 5.91 Å². The third-order valence-electron chi connectivity index (χ3n) is 4.52. The quantitative estimate of drug-likeness (QED) is 0.842. The van der Waals surface area contributed by atoms with E-state index in [9.17, 15) is 9.59 Å². The molecule has 0 atom stereocenters. The zero-order valence-electron chi connectivity index (χ0n) is 11.6. The minimum absolute atomic E-state index is 0.0165. The van der Waals surface area contributed by atoms with Gasteiger partial charge in [-0.05, 0) is 18.9 Å². The number of amides is 1. The van der Waals surface area contributed by atoms with Gasteiger partial charge < -0.3 is 14.6 Å². The standard InChI is InChI=1S/C15H20N2O3/c18-13-5-4-12(10-20-13)14(19)17-9-8-16-11-15(17)6-2-1-3-7-15/h4-5,10,16H,1-3,6-9,11H2. The van der Waals surface area contributed by atoms with Gasteiger partial charge in [-0.25, -0.2) is 4.79 Å². The first-order chi connectivity index (χ1) is 9.71. The van der Waals surface area contributed by atoms with Crippen LogP contribution in [0.1, 0.15) is 42.5 Å². The topological polar surface area (TPSA) is 62.6 Å². The van der Waals surface area contributed by atoms with Crippen molar-refractivity contribution < 1.29 is 9.21 Å². The van der Waals surface area contributed by atoms with E-state index < -0.39 is 5.63 Å². The fraction of sp³-hybridized carbons (Fsp3) is 0.600. The Morgan fingerprint density at radius 1 is 1.25 bits per heavy atom. The smallest absolute Gasteiger partial charge is 0.335 e. The van der Waals surface area contributed by atoms with Crippen molar-refractivity contribution in [1.82, 2.24) is 10.2 Å². The van der Waals surface area contributed by atoms with E-state index in [-0.39, 0.29) is 11.4 Å². The fourth-order valence-electron chi connectivity index (χ4n) is 3.45. The maximum absolute atomic E-state index is 12.7. The van der Waals surface area contributed by atoms with E-state index in [0.29, 0.717) is 5.56 Å². The zero-order chi connectivity index (χ0) is 14.0. The van der Waals surface area contributed by atoms with Crippen molar-refractivity contribution in [2.45, 2.75) is 37.6 Å². The number of rotatable bonds is 1. The van der Waals surface area contributed by atoms with E-state index in [1.54, 1.807) is 6.07 Å². The Hall–Kier alpha value is -1.62. The predicted molar refractivity (Wildman–Crippen MR) is 74.7 cm³/mol. The summed E-state index contributed by atoms with van der Waals surface area (Å²) in [5.41, 5.74) is -0.00493. The second-order valence-electron chi connectivity index (χ2n) is 5.76. The molecule has 1 aromatic rings. The van der Waals surface area contributed by atoms with Crippen LogP contribution in [-0.4, -0.2) is 36.0 Å². The van der Waals surface area contributed by atoms with Crippen molar-refractivity contribution in [2.24, 2.45) is 0 Å². The molecule has 0 unspecified atom stereocenters. The van der Waals surface area contributed by atoms with Crippen molar-refractivity contribution in [1.29, 1.82) is 0 Å². The van der Waals surface area contributed by atoms with Crippen LogP contribution >= 0.6 is 0 Å². The number of hydrogen-bond acceptors (Lipinski definition) is 4. The minimum Gasteiger partial charge on any atom is -0.430 e. The maximum Gasteiger partial charge on any atom is 0.335 e. The van der Waals surface area contributed by atoms with Crippen molar-refractivity contribution in [3.05, 3.63) is 34.4 Å². The third kappa shape index (κ3) is 2.38. The SMILES string of the molecule is O=C(c1ccc(=O)oc1)N1CCNCC12CCCCC2. The molecule has 0 bridgehead atoms. The van der Waals surface area contributed by atoms with Crippen molar-refractivity contribution >= 4 is 5.91 Å². The van der Waals surface area contributed by atoms with Crippen molar-refractivity contribution in [2.75, 3.05) is 19.6 Å². The molecule has 1 spiro atoms. The third-order valence-corrected chi connectivity index (χ3v) is 4.52. The molecule has 0 radical (unpaired) electrons. The summed E-state index contributed by atoms with van der Waals surface area (Å²) in [5.74, 6) is -0.0165. The Bertz CT molecular complexity index is 518. The maximum atomic E-state index is 12.7. The Labute approximate surface area is 118 Å². The van der Waals surface area contributed by atoms with E-state index in [0.717, 1.165) is 32.5 Å². The molecule has 1 aromatic heterocycles. The highest BCUT2D eigenvalue weighted by atomic mass is 16.4. The summed E-state index contributed by atoms with van der Waals surface area (Å²) in [7, 11) is 0. The van der Waals surface area contributed by atoms with Gasteiger partial charge in [-0.1, -0.05) is 19.3 Å². The molecule has 2 heterocycles. The number of nitrogens with one attached hydrogen (secondary N) is 1. The van der Waals surface area contributed by atoms with Gasteiger partial charge >= 0.3 is 5.63 Å². The fourth-order valence-corrected chi connectivity index (χ4v) is 3.45. The second-order valence-corrected chi connectivity index (χ2v) is 5.76. The first-order valence-corrected chi connectivity index (χ1v) is 7.33. The number of carbonyl (C=O) groups excluding carboxylic acids is 1. The number of nitrogens with zero attached hydrogens (tertiary/aromatic N) is 1. The first kappa shape index (κ1) is 13.4. The number of piperazine rings is 1. The lowest BCUT2D eigenvalue weighted by Gasteiger charge is -2.49. The summed E-state index contributed by atoms with van der Waals surface area (Å²) in [4.78, 5) is 25.7. The Morgan fingerprint density at radius 3 is 2.75 bits per heavy atom. The Morgan fingerprint density at radius 2 is 2.05 bits per heavy atom. The first-order valence-electron chi connectivity index (χ1n) is 7.33. The van der Waals surface area contributed by atoms with Crippen LogP contribution in [0.15, 0.2) is 27.6 Å². The van der Waals surface area contributed by atoms with Crippen LogP contribution in [0.4, 0.5) is 0 Å². The number of carbonyl (C=O) groups is 1. The molecule has 5 heteroatoms. The lowest BCUT2D eigenvalue weighted by atomic mass is 9.78. The van der Waals surface area contributed by atoms with Gasteiger partial charge in [-0.2, -0.15) is 0 Å². The van der Waals surface area contributed by atoms with Gasteiger partial charge in [-0.15, -0.1) is 0 Å². The van der Waals surface area contributed by atoms with E-state index >= 15 is 0 Å². The summed E-state index contributed by atoms with van der Waals surface area (Å²) in [6.07, 6.45) is 7.00. The van der Waals surface area contributed by atoms with E-state index in [2.05, 4.69) is 5.32 Å². The monoisotopic (exact) mass is 276 g/mol. The molecule has 2 aliphatic rings. The molecular formula is C15H20N2O3. The molecule has 1 saturated heterocycles. The molecule has 1 aliphatic carbocycles. The molecule has 1 N–H and O–H groups in total. The molecule has 2 fully saturated rings. The van der Waals surface area contributed by atoms with E-state index in [1.165, 1.54) is 31.6 Å². The molecular weight excluding hydrogens is 256 g/mol. The molecule has 1 aliphatic heterocycles. The molecule has 108 valence electrons.